The van der Waals surface area contributed by atoms with Gasteiger partial charge in [-0.05, 0) is 44.4 Å². The van der Waals surface area contributed by atoms with Crippen LogP contribution >= 0.6 is 0 Å². The third kappa shape index (κ3) is 2.86. The maximum atomic E-state index is 12.3. The molecule has 3 heteroatoms. The molecule has 1 fully saturated rings. The quantitative estimate of drug-likeness (QED) is 0.845. The van der Waals surface area contributed by atoms with Crippen molar-refractivity contribution in [2.75, 3.05) is 19.6 Å². The maximum Gasteiger partial charge on any atom is 0.253 e. The summed E-state index contributed by atoms with van der Waals surface area (Å²) >= 11 is 0. The lowest BCUT2D eigenvalue weighted by Gasteiger charge is -2.32. The summed E-state index contributed by atoms with van der Waals surface area (Å²) in [6.45, 7) is 4.38. The number of hydrogen-bond acceptors (Lipinski definition) is 2. The maximum absolute atomic E-state index is 12.3. The predicted molar refractivity (Wildman–Crippen MR) is 68.9 cm³/mol. The summed E-state index contributed by atoms with van der Waals surface area (Å²) in [6, 6.07) is 7.78. The number of aryl methyl sites for hydroxylation is 1. The first-order valence-electron chi connectivity index (χ1n) is 6.26. The predicted octanol–water partition coefficient (Wildman–Crippen LogP) is 1.81. The normalized spacial score (nSPS) is 20.4. The fourth-order valence-corrected chi connectivity index (χ4v) is 2.32. The van der Waals surface area contributed by atoms with Crippen LogP contribution < -0.4 is 5.73 Å². The van der Waals surface area contributed by atoms with Gasteiger partial charge in [0.1, 0.15) is 0 Å². The lowest BCUT2D eigenvalue weighted by atomic mass is 9.97. The van der Waals surface area contributed by atoms with Crippen molar-refractivity contribution >= 4 is 5.91 Å². The Labute approximate surface area is 103 Å². The van der Waals surface area contributed by atoms with Crippen LogP contribution in [0.15, 0.2) is 24.3 Å². The average molecular weight is 232 g/mol. The van der Waals surface area contributed by atoms with Crippen LogP contribution in [0.3, 0.4) is 0 Å². The van der Waals surface area contributed by atoms with E-state index in [0.717, 1.165) is 31.5 Å². The Morgan fingerprint density at radius 2 is 2.12 bits per heavy atom. The van der Waals surface area contributed by atoms with E-state index in [1.807, 2.05) is 36.1 Å². The van der Waals surface area contributed by atoms with Crippen LogP contribution in [0.1, 0.15) is 28.8 Å². The molecule has 17 heavy (non-hydrogen) atoms. The number of piperidine rings is 1. The molecule has 1 atom stereocenters. The molecule has 1 aromatic rings. The largest absolute Gasteiger partial charge is 0.338 e. The van der Waals surface area contributed by atoms with Gasteiger partial charge in [0, 0.05) is 18.7 Å². The van der Waals surface area contributed by atoms with Crippen molar-refractivity contribution in [3.05, 3.63) is 35.4 Å². The summed E-state index contributed by atoms with van der Waals surface area (Å²) < 4.78 is 0. The second-order valence-corrected chi connectivity index (χ2v) is 4.86. The molecule has 0 spiro atoms. The van der Waals surface area contributed by atoms with E-state index >= 15 is 0 Å². The van der Waals surface area contributed by atoms with Crippen LogP contribution in [0.2, 0.25) is 0 Å². The van der Waals surface area contributed by atoms with E-state index < -0.39 is 0 Å². The zero-order valence-electron chi connectivity index (χ0n) is 10.4. The molecular formula is C14H20N2O. The number of amides is 1. The van der Waals surface area contributed by atoms with Gasteiger partial charge in [-0.2, -0.15) is 0 Å². The minimum absolute atomic E-state index is 0.142. The molecule has 0 unspecified atom stereocenters. The lowest BCUT2D eigenvalue weighted by Crippen LogP contribution is -2.42. The standard InChI is InChI=1S/C14H20N2O/c1-11-4-6-13(7-5-11)14(17)16-8-2-3-12(9-15)10-16/h4-7,12H,2-3,8-10,15H2,1H3/t12-/m1/s1. The number of benzene rings is 1. The van der Waals surface area contributed by atoms with Gasteiger partial charge in [-0.1, -0.05) is 17.7 Å². The molecule has 1 aliphatic rings. The molecule has 1 heterocycles. The second kappa shape index (κ2) is 5.32. The van der Waals surface area contributed by atoms with Crippen LogP contribution in [-0.4, -0.2) is 30.4 Å². The molecule has 0 saturated carbocycles. The fraction of sp³-hybridized carbons (Fsp3) is 0.500. The number of hydrogen-bond donors (Lipinski definition) is 1. The van der Waals surface area contributed by atoms with E-state index in [2.05, 4.69) is 0 Å². The Morgan fingerprint density at radius 1 is 1.41 bits per heavy atom. The highest BCUT2D eigenvalue weighted by atomic mass is 16.2. The van der Waals surface area contributed by atoms with Gasteiger partial charge >= 0.3 is 0 Å². The summed E-state index contributed by atoms with van der Waals surface area (Å²) in [6.07, 6.45) is 2.22. The number of nitrogens with zero attached hydrogens (tertiary/aromatic N) is 1. The molecule has 2 rings (SSSR count). The van der Waals surface area contributed by atoms with Gasteiger partial charge in [-0.15, -0.1) is 0 Å². The van der Waals surface area contributed by atoms with Gasteiger partial charge in [0.25, 0.3) is 5.91 Å². The molecule has 92 valence electrons. The molecule has 2 N–H and O–H groups in total. The Balaban J connectivity index is 2.06. The first kappa shape index (κ1) is 12.1. The van der Waals surface area contributed by atoms with Crippen LogP contribution in [0.5, 0.6) is 0 Å². The van der Waals surface area contributed by atoms with Crippen LogP contribution in [0, 0.1) is 12.8 Å². The first-order chi connectivity index (χ1) is 8.20. The highest BCUT2D eigenvalue weighted by Gasteiger charge is 2.23. The molecule has 0 aromatic heterocycles. The van der Waals surface area contributed by atoms with Crippen LogP contribution in [0.25, 0.3) is 0 Å². The van der Waals surface area contributed by atoms with Crippen molar-refractivity contribution in [3.63, 3.8) is 0 Å². The number of nitrogens with two attached hydrogens (primary N) is 1. The Kier molecular flexibility index (Phi) is 3.79. The van der Waals surface area contributed by atoms with Crippen molar-refractivity contribution in [3.8, 4) is 0 Å². The number of carbonyl (C=O) groups excluding carboxylic acids is 1. The van der Waals surface area contributed by atoms with E-state index in [4.69, 9.17) is 5.73 Å². The van der Waals surface area contributed by atoms with E-state index in [-0.39, 0.29) is 5.91 Å². The van der Waals surface area contributed by atoms with E-state index in [1.54, 1.807) is 0 Å². The molecular weight excluding hydrogens is 212 g/mol. The summed E-state index contributed by atoms with van der Waals surface area (Å²) in [5.41, 5.74) is 7.65. The summed E-state index contributed by atoms with van der Waals surface area (Å²) in [5.74, 6) is 0.612. The van der Waals surface area contributed by atoms with Crippen molar-refractivity contribution in [1.29, 1.82) is 0 Å². The van der Waals surface area contributed by atoms with Gasteiger partial charge in [-0.25, -0.2) is 0 Å². The minimum Gasteiger partial charge on any atom is -0.338 e. The van der Waals surface area contributed by atoms with Gasteiger partial charge in [-0.3, -0.25) is 4.79 Å². The Morgan fingerprint density at radius 3 is 2.76 bits per heavy atom. The van der Waals surface area contributed by atoms with Crippen molar-refractivity contribution < 1.29 is 4.79 Å². The molecule has 1 saturated heterocycles. The molecule has 3 nitrogen and oxygen atoms in total. The molecule has 0 aliphatic carbocycles. The average Bonchev–Trinajstić information content (AvgIpc) is 2.39. The molecule has 0 bridgehead atoms. The SMILES string of the molecule is Cc1ccc(C(=O)N2CCC[C@H](CN)C2)cc1. The number of carbonyl (C=O) groups is 1. The zero-order chi connectivity index (χ0) is 12.3. The first-order valence-corrected chi connectivity index (χ1v) is 6.26. The topological polar surface area (TPSA) is 46.3 Å². The molecule has 1 aliphatic heterocycles. The summed E-state index contributed by atoms with van der Waals surface area (Å²) in [4.78, 5) is 14.2. The molecule has 0 radical (unpaired) electrons. The Bertz CT molecular complexity index is 386. The molecule has 1 aromatic carbocycles. The highest BCUT2D eigenvalue weighted by Crippen LogP contribution is 2.17. The van der Waals surface area contributed by atoms with Crippen molar-refractivity contribution in [1.82, 2.24) is 4.90 Å². The minimum atomic E-state index is 0.142. The second-order valence-electron chi connectivity index (χ2n) is 4.86. The monoisotopic (exact) mass is 232 g/mol. The molecule has 1 amide bonds. The van der Waals surface area contributed by atoms with Crippen molar-refractivity contribution in [2.45, 2.75) is 19.8 Å². The van der Waals surface area contributed by atoms with E-state index in [1.165, 1.54) is 5.56 Å². The number of likely N-dealkylation sites (tertiary alicyclic amines) is 1. The van der Waals surface area contributed by atoms with Crippen LogP contribution in [0.4, 0.5) is 0 Å². The third-order valence-corrected chi connectivity index (χ3v) is 3.44. The van der Waals surface area contributed by atoms with Gasteiger partial charge in [0.2, 0.25) is 0 Å². The van der Waals surface area contributed by atoms with Crippen molar-refractivity contribution in [2.24, 2.45) is 11.7 Å². The third-order valence-electron chi connectivity index (χ3n) is 3.44. The number of rotatable bonds is 2. The van der Waals surface area contributed by atoms with E-state index in [0.29, 0.717) is 12.5 Å². The lowest BCUT2D eigenvalue weighted by molar-refractivity contribution is 0.0678. The Hall–Kier alpha value is -1.35. The summed E-state index contributed by atoms with van der Waals surface area (Å²) in [7, 11) is 0. The van der Waals surface area contributed by atoms with Gasteiger partial charge < -0.3 is 10.6 Å². The van der Waals surface area contributed by atoms with E-state index in [9.17, 15) is 4.79 Å². The summed E-state index contributed by atoms with van der Waals surface area (Å²) in [5, 5.41) is 0. The van der Waals surface area contributed by atoms with Gasteiger partial charge in [0.05, 0.1) is 0 Å². The smallest absolute Gasteiger partial charge is 0.253 e. The van der Waals surface area contributed by atoms with Crippen LogP contribution in [-0.2, 0) is 0 Å². The fourth-order valence-electron chi connectivity index (χ4n) is 2.32. The zero-order valence-corrected chi connectivity index (χ0v) is 10.4. The van der Waals surface area contributed by atoms with Gasteiger partial charge in [0.15, 0.2) is 0 Å². The highest BCUT2D eigenvalue weighted by molar-refractivity contribution is 5.94.